The molecule has 25 heavy (non-hydrogen) atoms. The molecule has 0 amide bonds. The van der Waals surface area contributed by atoms with E-state index in [9.17, 15) is 5.11 Å². The number of piperidine rings is 2. The average Bonchev–Trinajstić information content (AvgIpc) is 2.67. The Morgan fingerprint density at radius 3 is 2.52 bits per heavy atom. The van der Waals surface area contributed by atoms with Crippen LogP contribution in [-0.4, -0.2) is 36.2 Å². The molecule has 3 fully saturated rings. The maximum Gasteiger partial charge on any atom is 0.118 e. The van der Waals surface area contributed by atoms with E-state index < -0.39 is 5.60 Å². The molecule has 2 saturated heterocycles. The number of benzene rings is 2. The van der Waals surface area contributed by atoms with Gasteiger partial charge in [-0.1, -0.05) is 42.5 Å². The van der Waals surface area contributed by atoms with E-state index >= 15 is 0 Å². The average molecular weight is 337 g/mol. The van der Waals surface area contributed by atoms with Gasteiger partial charge >= 0.3 is 0 Å². The van der Waals surface area contributed by atoms with Crippen LogP contribution < -0.4 is 4.74 Å². The third kappa shape index (κ3) is 3.19. The summed E-state index contributed by atoms with van der Waals surface area (Å²) < 4.78 is 5.27. The molecule has 0 aromatic heterocycles. The maximum absolute atomic E-state index is 11.6. The highest BCUT2D eigenvalue weighted by molar-refractivity contribution is 5.33. The predicted octanol–water partition coefficient (Wildman–Crippen LogP) is 3.61. The van der Waals surface area contributed by atoms with Crippen molar-refractivity contribution in [3.05, 3.63) is 65.7 Å². The Bertz CT molecular complexity index is 700. The van der Waals surface area contributed by atoms with E-state index in [1.807, 2.05) is 24.3 Å². The van der Waals surface area contributed by atoms with Crippen LogP contribution in [0.5, 0.6) is 5.75 Å². The minimum absolute atomic E-state index is 0.217. The van der Waals surface area contributed by atoms with E-state index in [2.05, 4.69) is 35.2 Å². The fourth-order valence-corrected chi connectivity index (χ4v) is 4.76. The summed E-state index contributed by atoms with van der Waals surface area (Å²) in [5, 5.41) is 11.6. The third-order valence-corrected chi connectivity index (χ3v) is 6.05. The van der Waals surface area contributed by atoms with Gasteiger partial charge in [0.2, 0.25) is 0 Å². The first-order chi connectivity index (χ1) is 12.2. The van der Waals surface area contributed by atoms with E-state index in [-0.39, 0.29) is 6.04 Å². The highest BCUT2D eigenvalue weighted by Crippen LogP contribution is 2.47. The standard InChI is InChI=1S/C22H27NO2/c1-25-20-10-8-19(9-11-20)22(24)15-18-7-12-21(22)23(16-18)14-13-17-5-3-2-4-6-17/h2-6,8-11,18,21,24H,7,12-16H2,1H3. The van der Waals surface area contributed by atoms with Crippen molar-refractivity contribution in [3.63, 3.8) is 0 Å². The molecule has 2 heterocycles. The van der Waals surface area contributed by atoms with Gasteiger partial charge in [0, 0.05) is 19.1 Å². The van der Waals surface area contributed by atoms with Crippen molar-refractivity contribution in [2.75, 3.05) is 20.2 Å². The predicted molar refractivity (Wildman–Crippen MR) is 99.7 cm³/mol. The van der Waals surface area contributed by atoms with Crippen LogP contribution in [0.4, 0.5) is 0 Å². The molecule has 0 spiro atoms. The van der Waals surface area contributed by atoms with Crippen molar-refractivity contribution < 1.29 is 9.84 Å². The van der Waals surface area contributed by atoms with Crippen LogP contribution in [-0.2, 0) is 12.0 Å². The van der Waals surface area contributed by atoms with Crippen LogP contribution >= 0.6 is 0 Å². The van der Waals surface area contributed by atoms with Gasteiger partial charge in [0.25, 0.3) is 0 Å². The van der Waals surface area contributed by atoms with Gasteiger partial charge in [-0.2, -0.15) is 0 Å². The molecule has 3 atom stereocenters. The number of aliphatic hydroxyl groups is 1. The first-order valence-electron chi connectivity index (χ1n) is 9.34. The molecule has 0 radical (unpaired) electrons. The lowest BCUT2D eigenvalue weighted by atomic mass is 9.67. The quantitative estimate of drug-likeness (QED) is 0.905. The Morgan fingerprint density at radius 2 is 1.84 bits per heavy atom. The maximum atomic E-state index is 11.6. The third-order valence-electron chi connectivity index (χ3n) is 6.05. The molecule has 1 aliphatic carbocycles. The number of methoxy groups -OCH3 is 1. The van der Waals surface area contributed by atoms with Gasteiger partial charge in [-0.05, 0) is 54.9 Å². The van der Waals surface area contributed by atoms with E-state index in [1.54, 1.807) is 7.11 Å². The minimum Gasteiger partial charge on any atom is -0.497 e. The lowest BCUT2D eigenvalue weighted by Gasteiger charge is -2.55. The molecule has 132 valence electrons. The van der Waals surface area contributed by atoms with Gasteiger partial charge in [-0.25, -0.2) is 0 Å². The normalized spacial score (nSPS) is 28.9. The SMILES string of the molecule is COc1ccc(C2(O)CC3CCC2N(CCc2ccccc2)C3)cc1. The van der Waals surface area contributed by atoms with Gasteiger partial charge in [0.15, 0.2) is 0 Å². The second kappa shape index (κ2) is 6.81. The molecule has 2 aromatic carbocycles. The highest BCUT2D eigenvalue weighted by atomic mass is 16.5. The molecule has 3 heteroatoms. The van der Waals surface area contributed by atoms with E-state index in [0.29, 0.717) is 5.92 Å². The summed E-state index contributed by atoms with van der Waals surface area (Å²) in [6.45, 7) is 2.14. The first-order valence-corrected chi connectivity index (χ1v) is 9.34. The molecule has 1 saturated carbocycles. The lowest BCUT2D eigenvalue weighted by molar-refractivity contribution is -0.137. The molecular weight excluding hydrogens is 310 g/mol. The van der Waals surface area contributed by atoms with Crippen LogP contribution in [0.25, 0.3) is 0 Å². The fraction of sp³-hybridized carbons (Fsp3) is 0.455. The molecule has 1 N–H and O–H groups in total. The lowest BCUT2D eigenvalue weighted by Crippen LogP contribution is -2.61. The Labute approximate surface area is 150 Å². The Morgan fingerprint density at radius 1 is 1.08 bits per heavy atom. The van der Waals surface area contributed by atoms with Crippen molar-refractivity contribution >= 4 is 0 Å². The van der Waals surface area contributed by atoms with Crippen molar-refractivity contribution in [2.45, 2.75) is 37.3 Å². The van der Waals surface area contributed by atoms with Gasteiger partial charge in [-0.15, -0.1) is 0 Å². The van der Waals surface area contributed by atoms with Crippen molar-refractivity contribution in [2.24, 2.45) is 5.92 Å². The van der Waals surface area contributed by atoms with Crippen LogP contribution in [0.3, 0.4) is 0 Å². The number of ether oxygens (including phenoxy) is 1. The molecule has 2 aromatic rings. The molecule has 3 nitrogen and oxygen atoms in total. The number of nitrogens with zero attached hydrogens (tertiary/aromatic N) is 1. The first kappa shape index (κ1) is 16.6. The number of hydrogen-bond donors (Lipinski definition) is 1. The number of rotatable bonds is 5. The van der Waals surface area contributed by atoms with Crippen molar-refractivity contribution in [1.29, 1.82) is 0 Å². The van der Waals surface area contributed by atoms with Crippen LogP contribution in [0.1, 0.15) is 30.4 Å². The van der Waals surface area contributed by atoms with Crippen LogP contribution in [0.2, 0.25) is 0 Å². The second-order valence-electron chi connectivity index (χ2n) is 7.55. The van der Waals surface area contributed by atoms with Crippen LogP contribution in [0.15, 0.2) is 54.6 Å². The van der Waals surface area contributed by atoms with Gasteiger partial charge in [0.05, 0.1) is 7.11 Å². The van der Waals surface area contributed by atoms with E-state index in [1.165, 1.54) is 12.0 Å². The molecule has 3 aliphatic rings. The molecule has 5 rings (SSSR count). The molecular formula is C22H27NO2. The Kier molecular flexibility index (Phi) is 4.53. The van der Waals surface area contributed by atoms with Gasteiger partial charge in [0.1, 0.15) is 11.4 Å². The largest absolute Gasteiger partial charge is 0.497 e. The number of fused-ring (bicyclic) bond motifs is 3. The molecule has 2 aliphatic heterocycles. The van der Waals surface area contributed by atoms with E-state index in [0.717, 1.165) is 43.7 Å². The summed E-state index contributed by atoms with van der Waals surface area (Å²) in [7, 11) is 1.68. The minimum atomic E-state index is -0.732. The van der Waals surface area contributed by atoms with Gasteiger partial charge in [-0.3, -0.25) is 4.90 Å². The smallest absolute Gasteiger partial charge is 0.118 e. The second-order valence-corrected chi connectivity index (χ2v) is 7.55. The highest BCUT2D eigenvalue weighted by Gasteiger charge is 2.50. The summed E-state index contributed by atoms with van der Waals surface area (Å²) in [6, 6.07) is 18.9. The summed E-state index contributed by atoms with van der Waals surface area (Å²) in [5.74, 6) is 1.43. The van der Waals surface area contributed by atoms with Crippen LogP contribution in [0, 0.1) is 5.92 Å². The summed E-state index contributed by atoms with van der Waals surface area (Å²) in [6.07, 6.45) is 4.25. The molecule has 2 bridgehead atoms. The van der Waals surface area contributed by atoms with Crippen molar-refractivity contribution in [3.8, 4) is 5.75 Å². The van der Waals surface area contributed by atoms with Gasteiger partial charge < -0.3 is 9.84 Å². The zero-order valence-electron chi connectivity index (χ0n) is 14.9. The topological polar surface area (TPSA) is 32.7 Å². The number of hydrogen-bond acceptors (Lipinski definition) is 3. The Hall–Kier alpha value is -1.84. The molecule has 3 unspecified atom stereocenters. The monoisotopic (exact) mass is 337 g/mol. The summed E-state index contributed by atoms with van der Waals surface area (Å²) in [5.41, 5.74) is 1.67. The zero-order valence-corrected chi connectivity index (χ0v) is 14.9. The summed E-state index contributed by atoms with van der Waals surface area (Å²) >= 11 is 0. The zero-order chi connectivity index (χ0) is 17.3. The van der Waals surface area contributed by atoms with Crippen molar-refractivity contribution in [1.82, 2.24) is 4.90 Å². The van der Waals surface area contributed by atoms with E-state index in [4.69, 9.17) is 4.74 Å². The summed E-state index contributed by atoms with van der Waals surface area (Å²) in [4.78, 5) is 2.52. The Balaban J connectivity index is 1.53. The fourth-order valence-electron chi connectivity index (χ4n) is 4.76.